The van der Waals surface area contributed by atoms with E-state index in [9.17, 15) is 4.79 Å². The number of hydrogen-bond donors (Lipinski definition) is 0. The number of aryl methyl sites for hydroxylation is 2. The van der Waals surface area contributed by atoms with E-state index < -0.39 is 0 Å². The van der Waals surface area contributed by atoms with Crippen molar-refractivity contribution in [1.82, 2.24) is 4.98 Å². The monoisotopic (exact) mass is 215 g/mol. The van der Waals surface area contributed by atoms with Crippen molar-refractivity contribution in [2.45, 2.75) is 20.3 Å². The molecular weight excluding hydrogens is 202 g/mol. The average Bonchev–Trinajstić information content (AvgIpc) is 2.61. The largest absolute Gasteiger partial charge is 0.441 e. The molecule has 0 atom stereocenters. The molecule has 1 heterocycles. The van der Waals surface area contributed by atoms with Crippen LogP contribution < -0.4 is 0 Å². The highest BCUT2D eigenvalue weighted by Gasteiger charge is 2.10. The number of nitrogens with zero attached hydrogens (tertiary/aromatic N) is 1. The SMILES string of the molecule is Cc1cccc(-c2nc(CC=O)c(C)o2)c1. The minimum Gasteiger partial charge on any atom is -0.441 e. The van der Waals surface area contributed by atoms with E-state index in [2.05, 4.69) is 4.98 Å². The molecule has 0 aliphatic heterocycles. The van der Waals surface area contributed by atoms with Gasteiger partial charge in [-0.25, -0.2) is 4.98 Å². The van der Waals surface area contributed by atoms with Crippen LogP contribution in [0.1, 0.15) is 17.0 Å². The molecule has 0 saturated heterocycles. The molecule has 1 aromatic heterocycles. The van der Waals surface area contributed by atoms with Crippen molar-refractivity contribution in [3.63, 3.8) is 0 Å². The van der Waals surface area contributed by atoms with Crippen molar-refractivity contribution in [2.24, 2.45) is 0 Å². The first-order chi connectivity index (χ1) is 7.70. The summed E-state index contributed by atoms with van der Waals surface area (Å²) in [5.41, 5.74) is 2.82. The quantitative estimate of drug-likeness (QED) is 0.739. The zero-order valence-corrected chi connectivity index (χ0v) is 9.36. The molecule has 16 heavy (non-hydrogen) atoms. The Morgan fingerprint density at radius 1 is 1.38 bits per heavy atom. The maximum absolute atomic E-state index is 10.4. The zero-order valence-electron chi connectivity index (χ0n) is 9.36. The van der Waals surface area contributed by atoms with Crippen LogP contribution in [0.4, 0.5) is 0 Å². The fourth-order valence-electron chi connectivity index (χ4n) is 1.60. The second-order valence-corrected chi connectivity index (χ2v) is 3.76. The second-order valence-electron chi connectivity index (χ2n) is 3.76. The highest BCUT2D eigenvalue weighted by molar-refractivity contribution is 5.58. The summed E-state index contributed by atoms with van der Waals surface area (Å²) < 4.78 is 5.54. The standard InChI is InChI=1S/C13H13NO2/c1-9-4-3-5-11(8-9)13-14-12(6-7-15)10(2)16-13/h3-5,7-8H,6H2,1-2H3. The Labute approximate surface area is 94.1 Å². The van der Waals surface area contributed by atoms with Gasteiger partial charge in [0.25, 0.3) is 0 Å². The Hall–Kier alpha value is -1.90. The lowest BCUT2D eigenvalue weighted by molar-refractivity contribution is -0.107. The molecule has 82 valence electrons. The molecule has 0 unspecified atom stereocenters. The molecule has 3 heteroatoms. The number of hydrogen-bond acceptors (Lipinski definition) is 3. The van der Waals surface area contributed by atoms with Crippen molar-refractivity contribution in [1.29, 1.82) is 0 Å². The topological polar surface area (TPSA) is 43.1 Å². The van der Waals surface area contributed by atoms with E-state index in [1.807, 2.05) is 38.1 Å². The highest BCUT2D eigenvalue weighted by atomic mass is 16.4. The molecule has 0 saturated carbocycles. The van der Waals surface area contributed by atoms with E-state index in [1.165, 1.54) is 0 Å². The lowest BCUT2D eigenvalue weighted by Crippen LogP contribution is -1.88. The Morgan fingerprint density at radius 2 is 2.19 bits per heavy atom. The van der Waals surface area contributed by atoms with E-state index in [1.54, 1.807) is 0 Å². The van der Waals surface area contributed by atoms with Crippen molar-refractivity contribution in [3.8, 4) is 11.5 Å². The molecule has 1 aromatic carbocycles. The van der Waals surface area contributed by atoms with Crippen LogP contribution >= 0.6 is 0 Å². The van der Waals surface area contributed by atoms with Gasteiger partial charge in [-0.1, -0.05) is 17.7 Å². The van der Waals surface area contributed by atoms with E-state index in [4.69, 9.17) is 4.42 Å². The number of carbonyl (C=O) groups excluding carboxylic acids is 1. The minimum atomic E-state index is 0.307. The lowest BCUT2D eigenvalue weighted by Gasteiger charge is -1.96. The van der Waals surface area contributed by atoms with Gasteiger partial charge in [-0.05, 0) is 26.0 Å². The molecule has 0 amide bonds. The second kappa shape index (κ2) is 4.31. The number of benzene rings is 1. The van der Waals surface area contributed by atoms with Crippen LogP contribution in [0.15, 0.2) is 28.7 Å². The van der Waals surface area contributed by atoms with Crippen LogP contribution in [0.25, 0.3) is 11.5 Å². The third-order valence-electron chi connectivity index (χ3n) is 2.43. The summed E-state index contributed by atoms with van der Waals surface area (Å²) in [4.78, 5) is 14.8. The lowest BCUT2D eigenvalue weighted by atomic mass is 10.1. The normalized spacial score (nSPS) is 10.4. The van der Waals surface area contributed by atoms with Gasteiger partial charge in [-0.3, -0.25) is 0 Å². The Kier molecular flexibility index (Phi) is 2.86. The van der Waals surface area contributed by atoms with Crippen LogP contribution in [-0.2, 0) is 11.2 Å². The predicted molar refractivity (Wildman–Crippen MR) is 61.2 cm³/mol. The van der Waals surface area contributed by atoms with Crippen molar-refractivity contribution < 1.29 is 9.21 Å². The van der Waals surface area contributed by atoms with Crippen molar-refractivity contribution in [3.05, 3.63) is 41.3 Å². The molecule has 3 nitrogen and oxygen atoms in total. The van der Waals surface area contributed by atoms with Gasteiger partial charge in [0.2, 0.25) is 5.89 Å². The van der Waals surface area contributed by atoms with Gasteiger partial charge in [0.15, 0.2) is 0 Å². The van der Waals surface area contributed by atoms with Crippen LogP contribution in [0.3, 0.4) is 0 Å². The van der Waals surface area contributed by atoms with Gasteiger partial charge in [0, 0.05) is 12.0 Å². The van der Waals surface area contributed by atoms with E-state index in [0.717, 1.165) is 17.4 Å². The first-order valence-corrected chi connectivity index (χ1v) is 5.17. The van der Waals surface area contributed by atoms with Gasteiger partial charge in [-0.2, -0.15) is 0 Å². The van der Waals surface area contributed by atoms with E-state index in [-0.39, 0.29) is 0 Å². The number of oxazole rings is 1. The third kappa shape index (κ3) is 2.03. The summed E-state index contributed by atoms with van der Waals surface area (Å²) in [6.07, 6.45) is 1.14. The molecule has 0 N–H and O–H groups in total. The fraction of sp³-hybridized carbons (Fsp3) is 0.231. The molecule has 0 aliphatic carbocycles. The molecule has 0 aliphatic rings. The molecule has 0 spiro atoms. The summed E-state index contributed by atoms with van der Waals surface area (Å²) in [6.45, 7) is 3.84. The van der Waals surface area contributed by atoms with E-state index >= 15 is 0 Å². The Bertz CT molecular complexity index is 514. The van der Waals surface area contributed by atoms with Crippen LogP contribution in [0, 0.1) is 13.8 Å². The molecule has 2 rings (SSSR count). The van der Waals surface area contributed by atoms with Gasteiger partial charge in [0.1, 0.15) is 12.0 Å². The maximum atomic E-state index is 10.4. The Morgan fingerprint density at radius 3 is 2.88 bits per heavy atom. The Balaban J connectivity index is 2.41. The summed E-state index contributed by atoms with van der Waals surface area (Å²) in [5, 5.41) is 0. The maximum Gasteiger partial charge on any atom is 0.226 e. The molecular formula is C13H13NO2. The van der Waals surface area contributed by atoms with E-state index in [0.29, 0.717) is 23.8 Å². The summed E-state index contributed by atoms with van der Waals surface area (Å²) in [7, 11) is 0. The van der Waals surface area contributed by atoms with Gasteiger partial charge >= 0.3 is 0 Å². The number of aromatic nitrogens is 1. The molecule has 0 fully saturated rings. The summed E-state index contributed by atoms with van der Waals surface area (Å²) in [5.74, 6) is 1.29. The third-order valence-corrected chi connectivity index (χ3v) is 2.43. The van der Waals surface area contributed by atoms with Crippen LogP contribution in [0.2, 0.25) is 0 Å². The number of carbonyl (C=O) groups is 1. The first-order valence-electron chi connectivity index (χ1n) is 5.17. The predicted octanol–water partition coefficient (Wildman–Crippen LogP) is 2.70. The van der Waals surface area contributed by atoms with Gasteiger partial charge in [-0.15, -0.1) is 0 Å². The molecule has 0 bridgehead atoms. The smallest absolute Gasteiger partial charge is 0.226 e. The van der Waals surface area contributed by atoms with Crippen LogP contribution in [0.5, 0.6) is 0 Å². The zero-order chi connectivity index (χ0) is 11.5. The van der Waals surface area contributed by atoms with Crippen molar-refractivity contribution >= 4 is 6.29 Å². The van der Waals surface area contributed by atoms with Crippen molar-refractivity contribution in [2.75, 3.05) is 0 Å². The van der Waals surface area contributed by atoms with Gasteiger partial charge < -0.3 is 9.21 Å². The number of rotatable bonds is 3. The average molecular weight is 215 g/mol. The van der Waals surface area contributed by atoms with Crippen LogP contribution in [-0.4, -0.2) is 11.3 Å². The molecule has 0 radical (unpaired) electrons. The number of aldehydes is 1. The molecule has 2 aromatic rings. The highest BCUT2D eigenvalue weighted by Crippen LogP contribution is 2.22. The fourth-order valence-corrected chi connectivity index (χ4v) is 1.60. The minimum absolute atomic E-state index is 0.307. The summed E-state index contributed by atoms with van der Waals surface area (Å²) in [6, 6.07) is 7.94. The first kappa shape index (κ1) is 10.6. The summed E-state index contributed by atoms with van der Waals surface area (Å²) >= 11 is 0. The van der Waals surface area contributed by atoms with Gasteiger partial charge in [0.05, 0.1) is 5.69 Å².